The fourth-order valence-electron chi connectivity index (χ4n) is 2.13. The van der Waals surface area contributed by atoms with Crippen LogP contribution in [0, 0.1) is 0 Å². The molecule has 98 valence electrons. The molecule has 0 aliphatic heterocycles. The molecule has 5 heteroatoms. The van der Waals surface area contributed by atoms with Crippen LogP contribution in [0.15, 0.2) is 35.8 Å². The third-order valence-electron chi connectivity index (χ3n) is 3.19. The summed E-state index contributed by atoms with van der Waals surface area (Å²) in [6.45, 7) is 2.12. The predicted octanol–water partition coefficient (Wildman–Crippen LogP) is 3.28. The number of hydrogen-bond acceptors (Lipinski definition) is 4. The highest BCUT2D eigenvalue weighted by Gasteiger charge is 2.10. The molecule has 2 N–H and O–H groups in total. The van der Waals surface area contributed by atoms with Crippen LogP contribution in [0.3, 0.4) is 0 Å². The van der Waals surface area contributed by atoms with E-state index >= 15 is 0 Å². The van der Waals surface area contributed by atoms with Crippen LogP contribution in [0.1, 0.15) is 31.5 Å². The van der Waals surface area contributed by atoms with Crippen molar-refractivity contribution in [3.8, 4) is 5.69 Å². The van der Waals surface area contributed by atoms with E-state index in [1.54, 1.807) is 16.0 Å². The van der Waals surface area contributed by atoms with Gasteiger partial charge in [0.2, 0.25) is 0 Å². The number of rotatable bonds is 4. The van der Waals surface area contributed by atoms with Crippen LogP contribution in [0.5, 0.6) is 0 Å². The van der Waals surface area contributed by atoms with Crippen LogP contribution in [0.25, 0.3) is 15.8 Å². The van der Waals surface area contributed by atoms with Gasteiger partial charge in [-0.15, -0.1) is 16.4 Å². The van der Waals surface area contributed by atoms with Crippen molar-refractivity contribution >= 4 is 21.4 Å². The van der Waals surface area contributed by atoms with E-state index in [1.807, 2.05) is 6.20 Å². The van der Waals surface area contributed by atoms with E-state index in [-0.39, 0.29) is 6.04 Å². The topological polar surface area (TPSA) is 56.7 Å². The van der Waals surface area contributed by atoms with Gasteiger partial charge >= 0.3 is 0 Å². The second kappa shape index (κ2) is 5.11. The average molecular weight is 272 g/mol. The first-order chi connectivity index (χ1) is 9.28. The van der Waals surface area contributed by atoms with Crippen molar-refractivity contribution in [2.45, 2.75) is 25.8 Å². The molecule has 0 radical (unpaired) electrons. The molecule has 0 saturated heterocycles. The van der Waals surface area contributed by atoms with E-state index in [0.29, 0.717) is 0 Å². The van der Waals surface area contributed by atoms with Gasteiger partial charge in [0.1, 0.15) is 0 Å². The third kappa shape index (κ3) is 2.39. The minimum absolute atomic E-state index is 0.0244. The summed E-state index contributed by atoms with van der Waals surface area (Å²) >= 11 is 1.74. The second-order valence-electron chi connectivity index (χ2n) is 4.63. The van der Waals surface area contributed by atoms with Crippen molar-refractivity contribution in [2.24, 2.45) is 5.73 Å². The molecule has 0 amide bonds. The molecule has 2 aromatic heterocycles. The van der Waals surface area contributed by atoms with Gasteiger partial charge in [-0.3, -0.25) is 0 Å². The van der Waals surface area contributed by atoms with E-state index in [0.717, 1.165) is 24.2 Å². The molecule has 0 saturated carbocycles. The van der Waals surface area contributed by atoms with Crippen LogP contribution in [-0.2, 0) is 0 Å². The molecular weight excluding hydrogens is 256 g/mol. The Hall–Kier alpha value is -1.72. The number of nitrogens with two attached hydrogens (primary N) is 1. The van der Waals surface area contributed by atoms with Gasteiger partial charge in [0.15, 0.2) is 0 Å². The first-order valence-corrected chi connectivity index (χ1v) is 7.31. The lowest BCUT2D eigenvalue weighted by atomic mass is 10.1. The van der Waals surface area contributed by atoms with Crippen LogP contribution >= 0.6 is 11.3 Å². The summed E-state index contributed by atoms with van der Waals surface area (Å²) in [4.78, 5) is 0. The van der Waals surface area contributed by atoms with E-state index in [9.17, 15) is 0 Å². The monoisotopic (exact) mass is 272 g/mol. The van der Waals surface area contributed by atoms with Crippen LogP contribution in [0.2, 0.25) is 0 Å². The molecule has 0 fully saturated rings. The van der Waals surface area contributed by atoms with Crippen LogP contribution < -0.4 is 5.73 Å². The highest BCUT2D eigenvalue weighted by Crippen LogP contribution is 2.23. The maximum atomic E-state index is 6.06. The average Bonchev–Trinajstić information content (AvgIpc) is 3.07. The summed E-state index contributed by atoms with van der Waals surface area (Å²) in [6.07, 6.45) is 3.91. The van der Waals surface area contributed by atoms with Crippen molar-refractivity contribution in [1.82, 2.24) is 15.0 Å². The zero-order chi connectivity index (χ0) is 13.2. The molecule has 3 aromatic rings. The Morgan fingerprint density at radius 1 is 1.37 bits per heavy atom. The van der Waals surface area contributed by atoms with Gasteiger partial charge in [-0.05, 0) is 41.5 Å². The van der Waals surface area contributed by atoms with Gasteiger partial charge in [-0.1, -0.05) is 18.6 Å². The number of thiophene rings is 1. The maximum absolute atomic E-state index is 6.06. The minimum Gasteiger partial charge on any atom is -0.323 e. The molecule has 2 heterocycles. The largest absolute Gasteiger partial charge is 0.323 e. The third-order valence-corrected chi connectivity index (χ3v) is 4.09. The van der Waals surface area contributed by atoms with E-state index in [4.69, 9.17) is 5.73 Å². The maximum Gasteiger partial charge on any atom is 0.0998 e. The summed E-state index contributed by atoms with van der Waals surface area (Å²) in [7, 11) is 0. The molecule has 0 bridgehead atoms. The van der Waals surface area contributed by atoms with Crippen molar-refractivity contribution in [3.05, 3.63) is 41.5 Å². The summed E-state index contributed by atoms with van der Waals surface area (Å²) in [5.41, 5.74) is 7.93. The number of hydrogen-bond donors (Lipinski definition) is 1. The van der Waals surface area contributed by atoms with Crippen molar-refractivity contribution in [3.63, 3.8) is 0 Å². The van der Waals surface area contributed by atoms with E-state index in [2.05, 4.69) is 46.9 Å². The van der Waals surface area contributed by atoms with Gasteiger partial charge in [0.25, 0.3) is 0 Å². The standard InChI is InChI=1S/C14H16N4S/c1-2-3-12(15)13-9-18(17-16-13)11-4-5-14-10(8-11)6-7-19-14/h4-9,12H,2-3,15H2,1H3. The lowest BCUT2D eigenvalue weighted by Crippen LogP contribution is -2.09. The number of nitrogens with zero attached hydrogens (tertiary/aromatic N) is 3. The summed E-state index contributed by atoms with van der Waals surface area (Å²) in [5, 5.41) is 11.7. The summed E-state index contributed by atoms with van der Waals surface area (Å²) < 4.78 is 3.08. The predicted molar refractivity (Wildman–Crippen MR) is 78.6 cm³/mol. The Labute approximate surface area is 115 Å². The fourth-order valence-corrected chi connectivity index (χ4v) is 2.90. The van der Waals surface area contributed by atoms with Gasteiger partial charge in [0.05, 0.1) is 23.6 Å². The summed E-state index contributed by atoms with van der Waals surface area (Å²) in [5.74, 6) is 0. The summed E-state index contributed by atoms with van der Waals surface area (Å²) in [6, 6.07) is 8.38. The Kier molecular flexibility index (Phi) is 3.31. The van der Waals surface area contributed by atoms with Gasteiger partial charge < -0.3 is 5.73 Å². The number of fused-ring (bicyclic) bond motifs is 1. The Balaban J connectivity index is 1.93. The van der Waals surface area contributed by atoms with Crippen molar-refractivity contribution in [1.29, 1.82) is 0 Å². The highest BCUT2D eigenvalue weighted by molar-refractivity contribution is 7.17. The van der Waals surface area contributed by atoms with Crippen LogP contribution in [-0.4, -0.2) is 15.0 Å². The zero-order valence-corrected chi connectivity index (χ0v) is 11.6. The Bertz CT molecular complexity index is 685. The molecule has 0 spiro atoms. The van der Waals surface area contributed by atoms with Crippen LogP contribution in [0.4, 0.5) is 0 Å². The molecule has 19 heavy (non-hydrogen) atoms. The van der Waals surface area contributed by atoms with E-state index in [1.165, 1.54) is 10.1 Å². The first kappa shape index (κ1) is 12.3. The molecule has 1 aromatic carbocycles. The molecule has 0 aliphatic carbocycles. The molecule has 1 atom stereocenters. The molecule has 3 rings (SSSR count). The molecular formula is C14H16N4S. The Morgan fingerprint density at radius 3 is 3.11 bits per heavy atom. The number of aromatic nitrogens is 3. The van der Waals surface area contributed by atoms with E-state index < -0.39 is 0 Å². The number of benzene rings is 1. The van der Waals surface area contributed by atoms with Crippen molar-refractivity contribution < 1.29 is 0 Å². The lowest BCUT2D eigenvalue weighted by Gasteiger charge is -2.04. The first-order valence-electron chi connectivity index (χ1n) is 6.43. The second-order valence-corrected chi connectivity index (χ2v) is 5.57. The quantitative estimate of drug-likeness (QED) is 0.793. The normalized spacial score (nSPS) is 12.9. The molecule has 4 nitrogen and oxygen atoms in total. The SMILES string of the molecule is CCCC(N)c1cn(-c2ccc3sccc3c2)nn1. The van der Waals surface area contributed by atoms with Gasteiger partial charge in [0, 0.05) is 4.70 Å². The molecule has 0 aliphatic rings. The Morgan fingerprint density at radius 2 is 2.26 bits per heavy atom. The smallest absolute Gasteiger partial charge is 0.0998 e. The van der Waals surface area contributed by atoms with Crippen molar-refractivity contribution in [2.75, 3.05) is 0 Å². The lowest BCUT2D eigenvalue weighted by molar-refractivity contribution is 0.619. The van der Waals surface area contributed by atoms with Gasteiger partial charge in [-0.25, -0.2) is 4.68 Å². The molecule has 1 unspecified atom stereocenters. The minimum atomic E-state index is -0.0244. The fraction of sp³-hybridized carbons (Fsp3) is 0.286. The highest BCUT2D eigenvalue weighted by atomic mass is 32.1. The van der Waals surface area contributed by atoms with Gasteiger partial charge in [-0.2, -0.15) is 0 Å². The zero-order valence-electron chi connectivity index (χ0n) is 10.8.